The van der Waals surface area contributed by atoms with Gasteiger partial charge in [-0.2, -0.15) is 17.6 Å². The van der Waals surface area contributed by atoms with E-state index in [1.807, 2.05) is 6.07 Å². The molecule has 1 unspecified atom stereocenters. The highest BCUT2D eigenvalue weighted by molar-refractivity contribution is 5.97. The van der Waals surface area contributed by atoms with Crippen molar-refractivity contribution in [2.75, 3.05) is 25.4 Å². The molecule has 0 radical (unpaired) electrons. The minimum absolute atomic E-state index is 0.0399. The lowest BCUT2D eigenvalue weighted by Gasteiger charge is -2.36. The molecular weight excluding hydrogens is 472 g/mol. The number of nitrogens with zero attached hydrogens (tertiary/aromatic N) is 2. The first-order chi connectivity index (χ1) is 17.2. The standard InChI is InChI=1S/C27H26F4N4O/c28-24-21(14-22(25(32)34-24)18-8-9-20-19(13-18)10-11-33-26(20)36)16-4-6-17(7-5-16)23-3-1-2-12-35(23)15-27(29,30)31/h4-9,13-14,23H,1-3,10-12,15H2,(H2,32,34)(H,33,36). The van der Waals surface area contributed by atoms with Gasteiger partial charge in [-0.05, 0) is 60.2 Å². The number of anilines is 1. The largest absolute Gasteiger partial charge is 0.401 e. The Bertz CT molecular complexity index is 1290. The predicted molar refractivity (Wildman–Crippen MR) is 130 cm³/mol. The average molecular weight is 499 g/mol. The summed E-state index contributed by atoms with van der Waals surface area (Å²) in [4.78, 5) is 17.4. The second-order valence-electron chi connectivity index (χ2n) is 9.36. The van der Waals surface area contributed by atoms with Crippen LogP contribution in [0.15, 0.2) is 48.5 Å². The van der Waals surface area contributed by atoms with Gasteiger partial charge in [-0.15, -0.1) is 0 Å². The van der Waals surface area contributed by atoms with Crippen LogP contribution >= 0.6 is 0 Å². The van der Waals surface area contributed by atoms with Crippen LogP contribution < -0.4 is 11.1 Å². The number of benzene rings is 2. The Labute approximate surface area is 206 Å². The summed E-state index contributed by atoms with van der Waals surface area (Å²) in [6.45, 7) is 0.00138. The summed E-state index contributed by atoms with van der Waals surface area (Å²) in [7, 11) is 0. The quantitative estimate of drug-likeness (QED) is 0.368. The summed E-state index contributed by atoms with van der Waals surface area (Å²) in [5.41, 5.74) is 10.4. The molecule has 5 nitrogen and oxygen atoms in total. The number of nitrogen functional groups attached to an aromatic ring is 1. The van der Waals surface area contributed by atoms with E-state index < -0.39 is 18.7 Å². The van der Waals surface area contributed by atoms with Crippen LogP contribution in [0.2, 0.25) is 0 Å². The number of pyridine rings is 1. The second kappa shape index (κ2) is 9.54. The number of piperidine rings is 1. The lowest BCUT2D eigenvalue weighted by atomic mass is 9.92. The third-order valence-corrected chi connectivity index (χ3v) is 6.95. The van der Waals surface area contributed by atoms with Crippen LogP contribution in [-0.2, 0) is 6.42 Å². The van der Waals surface area contributed by atoms with E-state index in [1.165, 1.54) is 4.90 Å². The number of halogens is 4. The van der Waals surface area contributed by atoms with Crippen LogP contribution in [-0.4, -0.2) is 41.6 Å². The molecule has 1 saturated heterocycles. The number of rotatable bonds is 4. The first kappa shape index (κ1) is 24.2. The van der Waals surface area contributed by atoms with Gasteiger partial charge in [0.25, 0.3) is 5.91 Å². The molecule has 2 aliphatic heterocycles. The van der Waals surface area contributed by atoms with Gasteiger partial charge in [0.05, 0.1) is 6.54 Å². The maximum absolute atomic E-state index is 14.9. The van der Waals surface area contributed by atoms with Gasteiger partial charge in [-0.1, -0.05) is 42.8 Å². The third-order valence-electron chi connectivity index (χ3n) is 6.95. The van der Waals surface area contributed by atoms with E-state index in [9.17, 15) is 22.4 Å². The van der Waals surface area contributed by atoms with Crippen LogP contribution in [0.25, 0.3) is 22.3 Å². The zero-order valence-corrected chi connectivity index (χ0v) is 19.5. The number of hydrogen-bond donors (Lipinski definition) is 2. The van der Waals surface area contributed by atoms with E-state index in [0.717, 1.165) is 29.5 Å². The molecular formula is C27H26F4N4O. The van der Waals surface area contributed by atoms with Crippen LogP contribution in [0, 0.1) is 5.95 Å². The molecule has 36 heavy (non-hydrogen) atoms. The van der Waals surface area contributed by atoms with E-state index in [0.29, 0.717) is 42.6 Å². The van der Waals surface area contributed by atoms with E-state index in [1.54, 1.807) is 42.5 Å². The smallest absolute Gasteiger partial charge is 0.383 e. The Morgan fingerprint density at radius 3 is 2.50 bits per heavy atom. The predicted octanol–water partition coefficient (Wildman–Crippen LogP) is 5.51. The Balaban J connectivity index is 1.45. The molecule has 0 aliphatic carbocycles. The van der Waals surface area contributed by atoms with Gasteiger partial charge in [0.2, 0.25) is 5.95 Å². The molecule has 188 valence electrons. The van der Waals surface area contributed by atoms with Crippen molar-refractivity contribution in [3.63, 3.8) is 0 Å². The highest BCUT2D eigenvalue weighted by atomic mass is 19.4. The number of nitrogens with two attached hydrogens (primary N) is 1. The normalized spacial score (nSPS) is 18.6. The molecule has 3 aromatic rings. The van der Waals surface area contributed by atoms with Crippen LogP contribution in [0.4, 0.5) is 23.4 Å². The van der Waals surface area contributed by atoms with Crippen molar-refractivity contribution in [2.45, 2.75) is 37.9 Å². The number of aromatic nitrogens is 1. The summed E-state index contributed by atoms with van der Waals surface area (Å²) in [6.07, 6.45) is -1.32. The molecule has 3 heterocycles. The molecule has 1 fully saturated rings. The molecule has 5 rings (SSSR count). The van der Waals surface area contributed by atoms with Crippen molar-refractivity contribution < 1.29 is 22.4 Å². The van der Waals surface area contributed by atoms with Crippen LogP contribution in [0.3, 0.4) is 0 Å². The Kier molecular flexibility index (Phi) is 6.42. The number of amides is 1. The summed E-state index contributed by atoms with van der Waals surface area (Å²) in [6, 6.07) is 13.6. The summed E-state index contributed by atoms with van der Waals surface area (Å²) in [5, 5.41) is 2.80. The summed E-state index contributed by atoms with van der Waals surface area (Å²) < 4.78 is 54.1. The maximum atomic E-state index is 14.9. The van der Waals surface area contributed by atoms with Crippen molar-refractivity contribution in [2.24, 2.45) is 0 Å². The van der Waals surface area contributed by atoms with Gasteiger partial charge in [0.1, 0.15) is 5.82 Å². The number of carbonyl (C=O) groups excluding carboxylic acids is 1. The number of hydrogen-bond acceptors (Lipinski definition) is 4. The number of fused-ring (bicyclic) bond motifs is 1. The number of alkyl halides is 3. The summed E-state index contributed by atoms with van der Waals surface area (Å²) >= 11 is 0. The fourth-order valence-corrected chi connectivity index (χ4v) is 5.21. The second-order valence-corrected chi connectivity index (χ2v) is 9.36. The fourth-order valence-electron chi connectivity index (χ4n) is 5.21. The van der Waals surface area contributed by atoms with E-state index >= 15 is 0 Å². The molecule has 3 N–H and O–H groups in total. The Hall–Kier alpha value is -3.46. The minimum atomic E-state index is -4.26. The van der Waals surface area contributed by atoms with Crippen molar-refractivity contribution >= 4 is 11.7 Å². The molecule has 1 atom stereocenters. The number of nitrogens with one attached hydrogen (secondary N) is 1. The lowest BCUT2D eigenvalue weighted by Crippen LogP contribution is -2.40. The van der Waals surface area contributed by atoms with Gasteiger partial charge < -0.3 is 11.1 Å². The number of carbonyl (C=O) groups is 1. The molecule has 0 spiro atoms. The van der Waals surface area contributed by atoms with E-state index in [4.69, 9.17) is 5.73 Å². The zero-order chi connectivity index (χ0) is 25.4. The molecule has 0 bridgehead atoms. The molecule has 1 aromatic heterocycles. The van der Waals surface area contributed by atoms with Crippen molar-refractivity contribution in [3.8, 4) is 22.3 Å². The summed E-state index contributed by atoms with van der Waals surface area (Å²) in [5.74, 6) is -0.809. The molecule has 2 aliphatic rings. The Morgan fingerprint density at radius 1 is 1.00 bits per heavy atom. The molecule has 1 amide bonds. The van der Waals surface area contributed by atoms with Crippen molar-refractivity contribution in [1.29, 1.82) is 0 Å². The molecule has 0 saturated carbocycles. The number of likely N-dealkylation sites (tertiary alicyclic amines) is 1. The zero-order valence-electron chi connectivity index (χ0n) is 19.5. The van der Waals surface area contributed by atoms with Crippen LogP contribution in [0.5, 0.6) is 0 Å². The highest BCUT2D eigenvalue weighted by Gasteiger charge is 2.35. The molecule has 2 aromatic carbocycles. The SMILES string of the molecule is Nc1nc(F)c(-c2ccc(C3CCCCN3CC(F)(F)F)cc2)cc1-c1ccc2c(c1)CCNC2=O. The monoisotopic (exact) mass is 498 g/mol. The third kappa shape index (κ3) is 4.93. The average Bonchev–Trinajstić information content (AvgIpc) is 2.84. The van der Waals surface area contributed by atoms with Crippen molar-refractivity contribution in [3.05, 3.63) is 71.2 Å². The molecule has 9 heteroatoms. The highest BCUT2D eigenvalue weighted by Crippen LogP contribution is 2.36. The van der Waals surface area contributed by atoms with Gasteiger partial charge in [0.15, 0.2) is 0 Å². The van der Waals surface area contributed by atoms with Gasteiger partial charge in [-0.3, -0.25) is 9.69 Å². The maximum Gasteiger partial charge on any atom is 0.401 e. The topological polar surface area (TPSA) is 71.2 Å². The van der Waals surface area contributed by atoms with Crippen LogP contribution in [0.1, 0.15) is 46.8 Å². The van der Waals surface area contributed by atoms with E-state index in [-0.39, 0.29) is 23.3 Å². The first-order valence-electron chi connectivity index (χ1n) is 12.0. The van der Waals surface area contributed by atoms with Gasteiger partial charge >= 0.3 is 6.18 Å². The Morgan fingerprint density at radius 2 is 1.75 bits per heavy atom. The first-order valence-corrected chi connectivity index (χ1v) is 12.0. The minimum Gasteiger partial charge on any atom is -0.383 e. The van der Waals surface area contributed by atoms with E-state index in [2.05, 4.69) is 10.3 Å². The van der Waals surface area contributed by atoms with Gasteiger partial charge in [-0.25, -0.2) is 4.98 Å². The van der Waals surface area contributed by atoms with Gasteiger partial charge in [0, 0.05) is 29.3 Å². The lowest BCUT2D eigenvalue weighted by molar-refractivity contribution is -0.153. The fraction of sp³-hybridized carbons (Fsp3) is 0.333. The van der Waals surface area contributed by atoms with Crippen molar-refractivity contribution in [1.82, 2.24) is 15.2 Å².